The van der Waals surface area contributed by atoms with Crippen LogP contribution >= 0.6 is 0 Å². The Morgan fingerprint density at radius 1 is 1.31 bits per heavy atom. The number of imidazole rings is 1. The Morgan fingerprint density at radius 3 is 2.75 bits per heavy atom. The number of aromatic amines is 1. The molecule has 5 atom stereocenters. The average Bonchev–Trinajstić information content (AvgIpc) is 3.41. The van der Waals surface area contributed by atoms with Gasteiger partial charge in [-0.15, -0.1) is 0 Å². The fourth-order valence-electron chi connectivity index (χ4n) is 3.89. The maximum atomic E-state index is 14.8. The standard InChI is InChI=1S/C23H35FN6O6/c1-4-5-6-7-8-14(36-22(33)17(25)12(2)3)21(32)34-10-15-13(24)9-16(35-15)30-11-27-18-19(30)28-23(26)29-20(18)31/h11-17H,4-10,25H2,1-3H3,(H3,26,28,29,31)/t13-,14?,15+,16+,17-/m0/s1. The van der Waals surface area contributed by atoms with E-state index in [0.717, 1.165) is 19.3 Å². The van der Waals surface area contributed by atoms with Crippen LogP contribution in [0.2, 0.25) is 0 Å². The molecule has 1 aliphatic rings. The van der Waals surface area contributed by atoms with Crippen molar-refractivity contribution in [2.45, 2.75) is 89.9 Å². The second-order valence-corrected chi connectivity index (χ2v) is 9.33. The zero-order valence-electron chi connectivity index (χ0n) is 20.8. The number of aromatic nitrogens is 4. The lowest BCUT2D eigenvalue weighted by atomic mass is 10.1. The van der Waals surface area contributed by atoms with Crippen molar-refractivity contribution >= 4 is 29.1 Å². The number of halogens is 1. The molecule has 0 saturated carbocycles. The minimum absolute atomic E-state index is 0.0467. The van der Waals surface area contributed by atoms with Crippen molar-refractivity contribution in [2.75, 3.05) is 12.3 Å². The lowest BCUT2D eigenvalue weighted by molar-refractivity contribution is -0.172. The van der Waals surface area contributed by atoms with E-state index in [-0.39, 0.29) is 42.5 Å². The monoisotopic (exact) mass is 510 g/mol. The number of rotatable bonds is 12. The molecular weight excluding hydrogens is 475 g/mol. The Kier molecular flexibility index (Phi) is 9.37. The molecule has 3 rings (SSSR count). The molecule has 13 heteroatoms. The predicted molar refractivity (Wildman–Crippen MR) is 128 cm³/mol. The van der Waals surface area contributed by atoms with Gasteiger partial charge in [0.05, 0.1) is 6.33 Å². The fourth-order valence-corrected chi connectivity index (χ4v) is 3.89. The zero-order chi connectivity index (χ0) is 26.4. The van der Waals surface area contributed by atoms with Gasteiger partial charge in [0.25, 0.3) is 5.56 Å². The number of carbonyl (C=O) groups is 2. The molecule has 12 nitrogen and oxygen atoms in total. The van der Waals surface area contributed by atoms with Gasteiger partial charge in [-0.1, -0.05) is 40.0 Å². The maximum Gasteiger partial charge on any atom is 0.347 e. The quantitative estimate of drug-likeness (QED) is 0.281. The molecule has 5 N–H and O–H groups in total. The van der Waals surface area contributed by atoms with Crippen LogP contribution in [0.5, 0.6) is 0 Å². The SMILES string of the molecule is CCCCCCC(OC(=O)[C@@H](N)C(C)C)C(=O)OC[C@H]1O[C@@H](n2cnc3c(=O)[nH]c(N)nc32)C[C@@H]1F. The highest BCUT2D eigenvalue weighted by atomic mass is 19.1. The van der Waals surface area contributed by atoms with Crippen LogP contribution in [-0.4, -0.2) is 62.5 Å². The van der Waals surface area contributed by atoms with E-state index < -0.39 is 48.1 Å². The molecule has 2 aromatic rings. The number of nitrogens with one attached hydrogen (secondary N) is 1. The van der Waals surface area contributed by atoms with E-state index in [4.69, 9.17) is 25.7 Å². The fraction of sp³-hybridized carbons (Fsp3) is 0.696. The molecule has 1 saturated heterocycles. The van der Waals surface area contributed by atoms with Gasteiger partial charge in [-0.05, 0) is 18.8 Å². The highest BCUT2D eigenvalue weighted by Crippen LogP contribution is 2.32. The van der Waals surface area contributed by atoms with E-state index in [0.29, 0.717) is 6.42 Å². The number of unbranched alkanes of at least 4 members (excludes halogenated alkanes) is 3. The molecule has 0 aliphatic carbocycles. The largest absolute Gasteiger partial charge is 0.460 e. The summed E-state index contributed by atoms with van der Waals surface area (Å²) in [7, 11) is 0. The summed E-state index contributed by atoms with van der Waals surface area (Å²) in [5.41, 5.74) is 11.2. The summed E-state index contributed by atoms with van der Waals surface area (Å²) in [5.74, 6) is -1.72. The Morgan fingerprint density at radius 2 is 2.06 bits per heavy atom. The van der Waals surface area contributed by atoms with E-state index in [1.54, 1.807) is 13.8 Å². The van der Waals surface area contributed by atoms with E-state index >= 15 is 0 Å². The number of H-pyrrole nitrogens is 1. The average molecular weight is 511 g/mol. The van der Waals surface area contributed by atoms with E-state index in [1.165, 1.54) is 10.9 Å². The lowest BCUT2D eigenvalue weighted by Crippen LogP contribution is -2.41. The molecule has 3 heterocycles. The first kappa shape index (κ1) is 27.5. The van der Waals surface area contributed by atoms with Gasteiger partial charge >= 0.3 is 11.9 Å². The third-order valence-electron chi connectivity index (χ3n) is 6.14. The first-order valence-corrected chi connectivity index (χ1v) is 12.3. The molecular formula is C23H35FN6O6. The molecule has 1 aliphatic heterocycles. The summed E-state index contributed by atoms with van der Waals surface area (Å²) < 4.78 is 32.6. The highest BCUT2D eigenvalue weighted by Gasteiger charge is 2.39. The van der Waals surface area contributed by atoms with Gasteiger partial charge in [0.15, 0.2) is 17.3 Å². The van der Waals surface area contributed by atoms with E-state index in [1.807, 2.05) is 0 Å². The van der Waals surface area contributed by atoms with Gasteiger partial charge < -0.3 is 25.7 Å². The minimum Gasteiger partial charge on any atom is -0.460 e. The summed E-state index contributed by atoms with van der Waals surface area (Å²) in [6.45, 7) is 5.24. The predicted octanol–water partition coefficient (Wildman–Crippen LogP) is 1.74. The molecule has 0 spiro atoms. The van der Waals surface area contributed by atoms with Crippen LogP contribution in [0.1, 0.15) is 65.5 Å². The number of carbonyl (C=O) groups excluding carboxylic acids is 2. The van der Waals surface area contributed by atoms with Crippen LogP contribution in [0.3, 0.4) is 0 Å². The van der Waals surface area contributed by atoms with Crippen molar-refractivity contribution in [1.82, 2.24) is 19.5 Å². The van der Waals surface area contributed by atoms with Gasteiger partial charge in [0.2, 0.25) is 5.95 Å². The molecule has 1 unspecified atom stereocenters. The van der Waals surface area contributed by atoms with Gasteiger partial charge in [0, 0.05) is 6.42 Å². The van der Waals surface area contributed by atoms with Crippen molar-refractivity contribution in [2.24, 2.45) is 11.7 Å². The number of esters is 2. The summed E-state index contributed by atoms with van der Waals surface area (Å²) in [4.78, 5) is 47.5. The highest BCUT2D eigenvalue weighted by molar-refractivity contribution is 5.82. The minimum atomic E-state index is -1.46. The molecule has 0 amide bonds. The second kappa shape index (κ2) is 12.3. The number of nitrogen functional groups attached to an aromatic ring is 1. The molecule has 1 fully saturated rings. The zero-order valence-corrected chi connectivity index (χ0v) is 20.8. The Labute approximate surface area is 207 Å². The van der Waals surface area contributed by atoms with Crippen molar-refractivity contribution in [1.29, 1.82) is 0 Å². The third-order valence-corrected chi connectivity index (χ3v) is 6.14. The smallest absolute Gasteiger partial charge is 0.347 e. The number of fused-ring (bicyclic) bond motifs is 1. The number of nitrogens with two attached hydrogens (primary N) is 2. The summed E-state index contributed by atoms with van der Waals surface area (Å²) in [6.07, 6.45) is 0.576. The number of hydrogen-bond donors (Lipinski definition) is 3. The molecule has 200 valence electrons. The van der Waals surface area contributed by atoms with Crippen LogP contribution in [0.25, 0.3) is 11.2 Å². The summed E-state index contributed by atoms with van der Waals surface area (Å²) >= 11 is 0. The normalized spacial score (nSPS) is 21.6. The Hall–Kier alpha value is -3.06. The van der Waals surface area contributed by atoms with Crippen LogP contribution in [0.4, 0.5) is 10.3 Å². The summed E-state index contributed by atoms with van der Waals surface area (Å²) in [6, 6.07) is -0.870. The number of nitrogens with zero attached hydrogens (tertiary/aromatic N) is 3. The molecule has 0 aromatic carbocycles. The van der Waals surface area contributed by atoms with Crippen LogP contribution < -0.4 is 17.0 Å². The number of anilines is 1. The van der Waals surface area contributed by atoms with Gasteiger partial charge in [-0.3, -0.25) is 19.1 Å². The van der Waals surface area contributed by atoms with Crippen molar-refractivity contribution in [3.8, 4) is 0 Å². The molecule has 0 bridgehead atoms. The number of ether oxygens (including phenoxy) is 3. The number of hydrogen-bond acceptors (Lipinski definition) is 10. The van der Waals surface area contributed by atoms with Crippen molar-refractivity contribution in [3.05, 3.63) is 16.7 Å². The Bertz CT molecular complexity index is 1100. The van der Waals surface area contributed by atoms with Gasteiger partial charge in [-0.25, -0.2) is 14.2 Å². The maximum absolute atomic E-state index is 14.8. The topological polar surface area (TPSA) is 177 Å². The molecule has 0 radical (unpaired) electrons. The first-order valence-electron chi connectivity index (χ1n) is 12.3. The van der Waals surface area contributed by atoms with E-state index in [2.05, 4.69) is 21.9 Å². The van der Waals surface area contributed by atoms with Gasteiger partial charge in [-0.2, -0.15) is 4.98 Å². The van der Waals surface area contributed by atoms with Crippen LogP contribution in [0, 0.1) is 5.92 Å². The summed E-state index contributed by atoms with van der Waals surface area (Å²) in [5, 5.41) is 0. The first-order chi connectivity index (χ1) is 17.1. The Balaban J connectivity index is 1.62. The lowest BCUT2D eigenvalue weighted by Gasteiger charge is -2.22. The number of alkyl halides is 1. The molecule has 2 aromatic heterocycles. The third kappa shape index (κ3) is 6.58. The van der Waals surface area contributed by atoms with Crippen LogP contribution in [-0.2, 0) is 23.8 Å². The van der Waals surface area contributed by atoms with E-state index in [9.17, 15) is 18.8 Å². The van der Waals surface area contributed by atoms with Crippen molar-refractivity contribution in [3.63, 3.8) is 0 Å². The van der Waals surface area contributed by atoms with Crippen molar-refractivity contribution < 1.29 is 28.2 Å². The van der Waals surface area contributed by atoms with Gasteiger partial charge in [0.1, 0.15) is 31.2 Å². The second-order valence-electron chi connectivity index (χ2n) is 9.33. The van der Waals surface area contributed by atoms with Crippen LogP contribution in [0.15, 0.2) is 11.1 Å². The molecule has 36 heavy (non-hydrogen) atoms.